The van der Waals surface area contributed by atoms with Crippen molar-refractivity contribution in [2.45, 2.75) is 19.8 Å². The summed E-state index contributed by atoms with van der Waals surface area (Å²) in [7, 11) is 0. The summed E-state index contributed by atoms with van der Waals surface area (Å²) in [6, 6.07) is 11.8. The third-order valence-corrected chi connectivity index (χ3v) is 2.70. The van der Waals surface area contributed by atoms with Gasteiger partial charge < -0.3 is 10.2 Å². The van der Waals surface area contributed by atoms with Gasteiger partial charge in [0.2, 0.25) is 0 Å². The van der Waals surface area contributed by atoms with E-state index >= 15 is 0 Å². The number of aliphatic hydroxyl groups excluding tert-OH is 1. The van der Waals surface area contributed by atoms with Crippen LogP contribution >= 0.6 is 0 Å². The average Bonchev–Trinajstić information content (AvgIpc) is 2.33. The Morgan fingerprint density at radius 1 is 1.00 bits per heavy atom. The van der Waals surface area contributed by atoms with Crippen molar-refractivity contribution >= 4 is 0 Å². The predicted octanol–water partition coefficient (Wildman–Crippen LogP) is 1.31. The van der Waals surface area contributed by atoms with Crippen molar-refractivity contribution in [3.05, 3.63) is 65.5 Å². The van der Waals surface area contributed by atoms with Crippen LogP contribution in [0.15, 0.2) is 48.8 Å². The highest BCUT2D eigenvalue weighted by molar-refractivity contribution is 5.20. The minimum Gasteiger partial charge on any atom is -0.364 e. The Labute approximate surface area is 101 Å². The molecule has 3 nitrogen and oxygen atoms in total. The zero-order valence-corrected chi connectivity index (χ0v) is 9.74. The summed E-state index contributed by atoms with van der Waals surface area (Å²) < 4.78 is 2.00. The second kappa shape index (κ2) is 5.08. The third-order valence-electron chi connectivity index (χ3n) is 2.70. The third kappa shape index (κ3) is 3.12. The van der Waals surface area contributed by atoms with E-state index in [-0.39, 0.29) is 0 Å². The van der Waals surface area contributed by atoms with Crippen molar-refractivity contribution in [3.63, 3.8) is 0 Å². The molecule has 0 saturated heterocycles. The predicted molar refractivity (Wildman–Crippen MR) is 64.1 cm³/mol. The first-order chi connectivity index (χ1) is 8.15. The largest absolute Gasteiger partial charge is 0.364 e. The molecule has 0 saturated carbocycles. The van der Waals surface area contributed by atoms with E-state index in [2.05, 4.69) is 31.2 Å². The average molecular weight is 230 g/mol. The van der Waals surface area contributed by atoms with Crippen LogP contribution < -0.4 is 4.57 Å². The van der Waals surface area contributed by atoms with Crippen molar-refractivity contribution in [1.82, 2.24) is 0 Å². The van der Waals surface area contributed by atoms with Gasteiger partial charge in [-0.05, 0) is 6.92 Å². The highest BCUT2D eigenvalue weighted by atomic mass is 16.5. The van der Waals surface area contributed by atoms with Gasteiger partial charge in [0, 0.05) is 23.3 Å². The maximum Gasteiger partial charge on any atom is 0.178 e. The van der Waals surface area contributed by atoms with E-state index in [9.17, 15) is 0 Å². The summed E-state index contributed by atoms with van der Waals surface area (Å²) in [6.07, 6.45) is 2.28. The number of aryl methyl sites for hydroxylation is 1. The van der Waals surface area contributed by atoms with Crippen LogP contribution in [0.25, 0.3) is 0 Å². The van der Waals surface area contributed by atoms with Gasteiger partial charge in [-0.1, -0.05) is 29.8 Å². The van der Waals surface area contributed by atoms with Crippen molar-refractivity contribution in [2.24, 2.45) is 0 Å². The number of benzene rings is 1. The van der Waals surface area contributed by atoms with Crippen LogP contribution in [0, 0.1) is 6.92 Å². The molecule has 3 heteroatoms. The Kier molecular flexibility index (Phi) is 3.52. The molecule has 2 rings (SSSR count). The molecule has 0 fully saturated rings. The number of pyridine rings is 1. The monoisotopic (exact) mass is 230 g/mol. The first kappa shape index (κ1) is 11.8. The van der Waals surface area contributed by atoms with Gasteiger partial charge in [-0.2, -0.15) is 0 Å². The van der Waals surface area contributed by atoms with E-state index in [1.165, 1.54) is 11.1 Å². The highest BCUT2D eigenvalue weighted by Crippen LogP contribution is 2.06. The molecule has 1 heterocycles. The van der Waals surface area contributed by atoms with Gasteiger partial charge >= 0.3 is 0 Å². The van der Waals surface area contributed by atoms with Crippen molar-refractivity contribution in [3.8, 4) is 0 Å². The standard InChI is InChI=1S/C14H16NO2/c1-11-2-4-12(5-3-11)10-15-8-6-13(7-9-15)14(16)17/h2-9,14,16-17H,10H2,1H3/q+1. The normalized spacial score (nSPS) is 10.8. The molecule has 0 aliphatic rings. The molecule has 1 aromatic heterocycles. The Morgan fingerprint density at radius 2 is 1.59 bits per heavy atom. The lowest BCUT2D eigenvalue weighted by Crippen LogP contribution is -2.33. The van der Waals surface area contributed by atoms with Crippen LogP contribution in [0.3, 0.4) is 0 Å². The van der Waals surface area contributed by atoms with Gasteiger partial charge in [0.25, 0.3) is 0 Å². The number of hydrogen-bond acceptors (Lipinski definition) is 2. The van der Waals surface area contributed by atoms with Gasteiger partial charge in [0.15, 0.2) is 25.2 Å². The zero-order valence-electron chi connectivity index (χ0n) is 9.74. The molecular weight excluding hydrogens is 214 g/mol. The number of nitrogens with zero attached hydrogens (tertiary/aromatic N) is 1. The van der Waals surface area contributed by atoms with Crippen LogP contribution in [0.1, 0.15) is 23.0 Å². The smallest absolute Gasteiger partial charge is 0.178 e. The van der Waals surface area contributed by atoms with Gasteiger partial charge in [0.05, 0.1) is 0 Å². The molecule has 0 unspecified atom stereocenters. The van der Waals surface area contributed by atoms with Crippen LogP contribution in [-0.2, 0) is 6.54 Å². The lowest BCUT2D eigenvalue weighted by Gasteiger charge is -2.02. The molecule has 2 aromatic rings. The fourth-order valence-electron chi connectivity index (χ4n) is 1.65. The van der Waals surface area contributed by atoms with E-state index in [4.69, 9.17) is 10.2 Å². The lowest BCUT2D eigenvalue weighted by atomic mass is 10.1. The second-order valence-electron chi connectivity index (χ2n) is 4.16. The summed E-state index contributed by atoms with van der Waals surface area (Å²) in [5, 5.41) is 18.0. The fraction of sp³-hybridized carbons (Fsp3) is 0.214. The van der Waals surface area contributed by atoms with Gasteiger partial charge in [-0.15, -0.1) is 0 Å². The first-order valence-corrected chi connectivity index (χ1v) is 5.56. The van der Waals surface area contributed by atoms with E-state index < -0.39 is 6.29 Å². The topological polar surface area (TPSA) is 44.3 Å². The fourth-order valence-corrected chi connectivity index (χ4v) is 1.65. The van der Waals surface area contributed by atoms with E-state index in [1.54, 1.807) is 12.1 Å². The zero-order chi connectivity index (χ0) is 12.3. The molecule has 17 heavy (non-hydrogen) atoms. The van der Waals surface area contributed by atoms with E-state index in [0.717, 1.165) is 6.54 Å². The lowest BCUT2D eigenvalue weighted by molar-refractivity contribution is -0.688. The highest BCUT2D eigenvalue weighted by Gasteiger charge is 2.06. The number of hydrogen-bond donors (Lipinski definition) is 2. The molecule has 0 amide bonds. The second-order valence-corrected chi connectivity index (χ2v) is 4.16. The Hall–Kier alpha value is -1.71. The summed E-state index contributed by atoms with van der Waals surface area (Å²) in [4.78, 5) is 0. The van der Waals surface area contributed by atoms with Crippen LogP contribution in [0.5, 0.6) is 0 Å². The molecule has 0 radical (unpaired) electrons. The number of rotatable bonds is 3. The van der Waals surface area contributed by atoms with Crippen LogP contribution in [0.4, 0.5) is 0 Å². The molecule has 0 spiro atoms. The molecule has 88 valence electrons. The Balaban J connectivity index is 2.11. The quantitative estimate of drug-likeness (QED) is 0.617. The maximum absolute atomic E-state index is 8.98. The molecular formula is C14H16NO2+. The number of aliphatic hydroxyl groups is 2. The summed E-state index contributed by atoms with van der Waals surface area (Å²) in [6.45, 7) is 2.84. The molecule has 0 aliphatic carbocycles. The van der Waals surface area contributed by atoms with E-state index in [1.807, 2.05) is 17.0 Å². The minimum atomic E-state index is -1.40. The molecule has 0 bridgehead atoms. The van der Waals surface area contributed by atoms with Gasteiger partial charge in [0.1, 0.15) is 0 Å². The van der Waals surface area contributed by atoms with Crippen molar-refractivity contribution < 1.29 is 14.8 Å². The molecule has 2 N–H and O–H groups in total. The Bertz CT molecular complexity index is 475. The van der Waals surface area contributed by atoms with Gasteiger partial charge in [-0.3, -0.25) is 0 Å². The molecule has 0 aliphatic heterocycles. The first-order valence-electron chi connectivity index (χ1n) is 5.56. The molecule has 0 atom stereocenters. The number of aromatic nitrogens is 1. The van der Waals surface area contributed by atoms with E-state index in [0.29, 0.717) is 5.56 Å². The van der Waals surface area contributed by atoms with Crippen molar-refractivity contribution in [2.75, 3.05) is 0 Å². The van der Waals surface area contributed by atoms with Gasteiger partial charge in [-0.25, -0.2) is 4.57 Å². The van der Waals surface area contributed by atoms with Crippen LogP contribution in [0.2, 0.25) is 0 Å². The van der Waals surface area contributed by atoms with Crippen molar-refractivity contribution in [1.29, 1.82) is 0 Å². The molecule has 1 aromatic carbocycles. The minimum absolute atomic E-state index is 0.505. The summed E-state index contributed by atoms with van der Waals surface area (Å²) in [5.74, 6) is 0. The SMILES string of the molecule is Cc1ccc(C[n+]2ccc(C(O)O)cc2)cc1. The maximum atomic E-state index is 8.98. The summed E-state index contributed by atoms with van der Waals surface area (Å²) >= 11 is 0. The van der Waals surface area contributed by atoms with Crippen LogP contribution in [-0.4, -0.2) is 10.2 Å². The summed E-state index contributed by atoms with van der Waals surface area (Å²) in [5.41, 5.74) is 2.97. The Morgan fingerprint density at radius 3 is 2.12 bits per heavy atom.